The molecule has 1 aliphatic carbocycles. The van der Waals surface area contributed by atoms with Crippen LogP contribution in [0.2, 0.25) is 0 Å². The summed E-state index contributed by atoms with van der Waals surface area (Å²) in [5.74, 6) is -0.936. The normalized spacial score (nSPS) is 25.2. The molecule has 0 spiro atoms. The smallest absolute Gasteiger partial charge is 0.270 e. The van der Waals surface area contributed by atoms with Crippen molar-refractivity contribution in [3.05, 3.63) is 35.6 Å². The fourth-order valence-corrected chi connectivity index (χ4v) is 2.18. The Balaban J connectivity index is 1.83. The predicted octanol–water partition coefficient (Wildman–Crippen LogP) is 2.53. The zero-order valence-electron chi connectivity index (χ0n) is 9.73. The number of carbonyl (C=O) groups is 1. The molecule has 2 aliphatic rings. The fourth-order valence-electron chi connectivity index (χ4n) is 2.18. The van der Waals surface area contributed by atoms with Crippen molar-refractivity contribution < 1.29 is 18.4 Å². The van der Waals surface area contributed by atoms with Crippen molar-refractivity contribution in [3.8, 4) is 0 Å². The molecule has 18 heavy (non-hydrogen) atoms. The van der Waals surface area contributed by atoms with Crippen LogP contribution in [0.5, 0.6) is 0 Å². The van der Waals surface area contributed by atoms with E-state index in [1.54, 1.807) is 12.1 Å². The largest absolute Gasteiger partial charge is 0.284 e. The molecule has 1 heterocycles. The molecule has 0 unspecified atom stereocenters. The van der Waals surface area contributed by atoms with E-state index < -0.39 is 11.6 Å². The Bertz CT molecular complexity index is 470. The number of hydroxylamine groups is 2. The SMILES string of the molecule is O=C(N1OCC[C@H]1c1ccc(F)cc1)C1(F)CC1. The molecule has 2 fully saturated rings. The Morgan fingerprint density at radius 2 is 2.00 bits per heavy atom. The zero-order chi connectivity index (χ0) is 12.8. The van der Waals surface area contributed by atoms with Crippen LogP contribution in [-0.2, 0) is 9.63 Å². The highest BCUT2D eigenvalue weighted by Gasteiger charge is 2.55. The fraction of sp³-hybridized carbons (Fsp3) is 0.462. The predicted molar refractivity (Wildman–Crippen MR) is 59.6 cm³/mol. The van der Waals surface area contributed by atoms with E-state index in [4.69, 9.17) is 4.84 Å². The van der Waals surface area contributed by atoms with Gasteiger partial charge >= 0.3 is 0 Å². The van der Waals surface area contributed by atoms with Gasteiger partial charge in [0.15, 0.2) is 5.67 Å². The molecule has 0 bridgehead atoms. The molecule has 1 aliphatic heterocycles. The van der Waals surface area contributed by atoms with E-state index >= 15 is 0 Å². The topological polar surface area (TPSA) is 29.5 Å². The average Bonchev–Trinajstić information content (AvgIpc) is 2.94. The third-order valence-corrected chi connectivity index (χ3v) is 3.43. The van der Waals surface area contributed by atoms with Crippen LogP contribution in [-0.4, -0.2) is 23.2 Å². The van der Waals surface area contributed by atoms with E-state index in [9.17, 15) is 13.6 Å². The van der Waals surface area contributed by atoms with Crippen molar-refractivity contribution in [2.24, 2.45) is 0 Å². The summed E-state index contributed by atoms with van der Waals surface area (Å²) in [5.41, 5.74) is -0.964. The first kappa shape index (κ1) is 11.6. The van der Waals surface area contributed by atoms with Gasteiger partial charge in [-0.2, -0.15) is 0 Å². The number of hydrogen-bond donors (Lipinski definition) is 0. The first-order chi connectivity index (χ1) is 8.60. The number of rotatable bonds is 2. The van der Waals surface area contributed by atoms with Gasteiger partial charge in [-0.1, -0.05) is 12.1 Å². The van der Waals surface area contributed by atoms with Gasteiger partial charge < -0.3 is 0 Å². The number of nitrogens with zero attached hydrogens (tertiary/aromatic N) is 1. The quantitative estimate of drug-likeness (QED) is 0.810. The summed E-state index contributed by atoms with van der Waals surface area (Å²) in [7, 11) is 0. The van der Waals surface area contributed by atoms with Crippen LogP contribution in [0.3, 0.4) is 0 Å². The average molecular weight is 253 g/mol. The lowest BCUT2D eigenvalue weighted by Crippen LogP contribution is -2.37. The van der Waals surface area contributed by atoms with Gasteiger partial charge in [-0.05, 0) is 30.5 Å². The molecule has 1 aromatic rings. The van der Waals surface area contributed by atoms with Crippen LogP contribution >= 0.6 is 0 Å². The van der Waals surface area contributed by atoms with Crippen molar-refractivity contribution in [1.29, 1.82) is 0 Å². The van der Waals surface area contributed by atoms with Crippen LogP contribution in [0.15, 0.2) is 24.3 Å². The monoisotopic (exact) mass is 253 g/mol. The van der Waals surface area contributed by atoms with Crippen LogP contribution < -0.4 is 0 Å². The van der Waals surface area contributed by atoms with Crippen LogP contribution in [0, 0.1) is 5.82 Å². The summed E-state index contributed by atoms with van der Waals surface area (Å²) in [6.07, 6.45) is 1.14. The van der Waals surface area contributed by atoms with Crippen molar-refractivity contribution >= 4 is 5.91 Å². The zero-order valence-corrected chi connectivity index (χ0v) is 9.73. The number of alkyl halides is 1. The van der Waals surface area contributed by atoms with Crippen molar-refractivity contribution in [2.75, 3.05) is 6.61 Å². The Morgan fingerprint density at radius 3 is 2.61 bits per heavy atom. The van der Waals surface area contributed by atoms with Gasteiger partial charge in [0.2, 0.25) is 0 Å². The molecular weight excluding hydrogens is 240 g/mol. The van der Waals surface area contributed by atoms with Gasteiger partial charge in [0.25, 0.3) is 5.91 Å². The van der Waals surface area contributed by atoms with Crippen LogP contribution in [0.1, 0.15) is 30.9 Å². The number of halogens is 2. The molecule has 96 valence electrons. The van der Waals surface area contributed by atoms with E-state index in [1.807, 2.05) is 0 Å². The Morgan fingerprint density at radius 1 is 1.33 bits per heavy atom. The van der Waals surface area contributed by atoms with E-state index in [0.29, 0.717) is 13.0 Å². The molecule has 3 rings (SSSR count). The molecule has 0 N–H and O–H groups in total. The Hall–Kier alpha value is -1.49. The highest BCUT2D eigenvalue weighted by molar-refractivity contribution is 5.87. The van der Waals surface area contributed by atoms with Gasteiger partial charge in [-0.15, -0.1) is 0 Å². The summed E-state index contributed by atoms with van der Waals surface area (Å²) in [6, 6.07) is 5.56. The minimum absolute atomic E-state index is 0.266. The lowest BCUT2D eigenvalue weighted by molar-refractivity contribution is -0.184. The molecule has 1 saturated heterocycles. The third-order valence-electron chi connectivity index (χ3n) is 3.43. The Kier molecular flexibility index (Phi) is 2.59. The molecule has 1 aromatic carbocycles. The van der Waals surface area contributed by atoms with Crippen molar-refractivity contribution in [2.45, 2.75) is 31.0 Å². The van der Waals surface area contributed by atoms with E-state index in [0.717, 1.165) is 10.6 Å². The molecule has 3 nitrogen and oxygen atoms in total. The number of amides is 1. The van der Waals surface area contributed by atoms with Gasteiger partial charge in [0, 0.05) is 6.42 Å². The molecule has 1 saturated carbocycles. The summed E-state index contributed by atoms with van der Waals surface area (Å²) >= 11 is 0. The van der Waals surface area contributed by atoms with Gasteiger partial charge in [0.1, 0.15) is 5.82 Å². The van der Waals surface area contributed by atoms with Crippen LogP contribution in [0.25, 0.3) is 0 Å². The highest BCUT2D eigenvalue weighted by Crippen LogP contribution is 2.44. The van der Waals surface area contributed by atoms with E-state index in [2.05, 4.69) is 0 Å². The first-order valence-electron chi connectivity index (χ1n) is 6.01. The maximum absolute atomic E-state index is 13.8. The second kappa shape index (κ2) is 4.02. The van der Waals surface area contributed by atoms with Crippen molar-refractivity contribution in [1.82, 2.24) is 5.06 Å². The second-order valence-corrected chi connectivity index (χ2v) is 4.79. The number of benzene rings is 1. The number of hydrogen-bond acceptors (Lipinski definition) is 2. The third kappa shape index (κ3) is 1.88. The first-order valence-corrected chi connectivity index (χ1v) is 6.01. The summed E-state index contributed by atoms with van der Waals surface area (Å²) < 4.78 is 26.6. The van der Waals surface area contributed by atoms with E-state index in [1.165, 1.54) is 12.1 Å². The molecule has 0 radical (unpaired) electrons. The molecule has 1 amide bonds. The second-order valence-electron chi connectivity index (χ2n) is 4.79. The summed E-state index contributed by atoms with van der Waals surface area (Å²) in [5, 5.41) is 1.13. The summed E-state index contributed by atoms with van der Waals surface area (Å²) in [4.78, 5) is 17.2. The maximum Gasteiger partial charge on any atom is 0.284 e. The van der Waals surface area contributed by atoms with Crippen molar-refractivity contribution in [3.63, 3.8) is 0 Å². The lowest BCUT2D eigenvalue weighted by Gasteiger charge is -2.24. The van der Waals surface area contributed by atoms with Gasteiger partial charge in [0.05, 0.1) is 12.6 Å². The molecular formula is C13H13F2NO2. The number of carbonyl (C=O) groups excluding carboxylic acids is 1. The molecule has 5 heteroatoms. The standard InChI is InChI=1S/C13H13F2NO2/c14-10-3-1-9(2-4-10)11-5-8-18-16(11)12(17)13(15)6-7-13/h1-4,11H,5-8H2/t11-/m0/s1. The van der Waals surface area contributed by atoms with Crippen LogP contribution in [0.4, 0.5) is 8.78 Å². The molecule has 0 aromatic heterocycles. The minimum Gasteiger partial charge on any atom is -0.270 e. The Labute approximate surface area is 103 Å². The summed E-state index contributed by atoms with van der Waals surface area (Å²) in [6.45, 7) is 0.379. The van der Waals surface area contributed by atoms with Gasteiger partial charge in [-0.3, -0.25) is 9.63 Å². The van der Waals surface area contributed by atoms with E-state index in [-0.39, 0.29) is 24.7 Å². The lowest BCUT2D eigenvalue weighted by atomic mass is 10.0. The molecule has 1 atom stereocenters. The van der Waals surface area contributed by atoms with Gasteiger partial charge in [-0.25, -0.2) is 13.8 Å². The highest BCUT2D eigenvalue weighted by atomic mass is 19.1. The minimum atomic E-state index is -1.73. The maximum atomic E-state index is 13.8.